The van der Waals surface area contributed by atoms with Gasteiger partial charge < -0.3 is 25.2 Å². The van der Waals surface area contributed by atoms with E-state index in [1.54, 1.807) is 0 Å². The Kier molecular flexibility index (Phi) is 38.1. The molecule has 4 N–H and O–H groups in total. The van der Waals surface area contributed by atoms with Crippen molar-refractivity contribution in [1.29, 1.82) is 0 Å². The van der Waals surface area contributed by atoms with E-state index in [0.29, 0.717) is 19.3 Å². The zero-order valence-electron chi connectivity index (χ0n) is 35.6. The van der Waals surface area contributed by atoms with Crippen LogP contribution in [0.2, 0.25) is 0 Å². The molecule has 0 saturated heterocycles. The van der Waals surface area contributed by atoms with E-state index in [4.69, 9.17) is 13.8 Å². The van der Waals surface area contributed by atoms with Gasteiger partial charge in [0.05, 0.1) is 13.2 Å². The Morgan fingerprint density at radius 1 is 0.569 bits per heavy atom. The summed E-state index contributed by atoms with van der Waals surface area (Å²) in [5, 5.41) is 21.8. The highest BCUT2D eigenvalue weighted by atomic mass is 31.2. The molecule has 0 spiro atoms. The van der Waals surface area contributed by atoms with Crippen LogP contribution in [0, 0.1) is 0 Å². The predicted octanol–water partition coefficient (Wildman–Crippen LogP) is 11.1. The van der Waals surface area contributed by atoms with E-state index in [2.05, 4.69) is 92.1 Å². The second-order valence-corrected chi connectivity index (χ2v) is 15.6. The van der Waals surface area contributed by atoms with Crippen LogP contribution in [0.4, 0.5) is 0 Å². The number of unbranched alkanes of at least 4 members (excludes halogenated alkanes) is 11. The Morgan fingerprint density at radius 3 is 1.53 bits per heavy atom. The van der Waals surface area contributed by atoms with Crippen molar-refractivity contribution >= 4 is 25.7 Å². The lowest BCUT2D eigenvalue weighted by Crippen LogP contribution is -2.43. The summed E-state index contributed by atoms with van der Waals surface area (Å²) in [7, 11) is -4.78. The number of phosphoric acid groups is 1. The number of nitrogens with one attached hydrogen (secondary N) is 1. The van der Waals surface area contributed by atoms with Crippen LogP contribution < -0.4 is 5.32 Å². The van der Waals surface area contributed by atoms with Gasteiger partial charge in [-0.2, -0.15) is 0 Å². The van der Waals surface area contributed by atoms with Crippen molar-refractivity contribution in [3.63, 3.8) is 0 Å². The lowest BCUT2D eigenvalue weighted by molar-refractivity contribution is -0.147. The van der Waals surface area contributed by atoms with Crippen LogP contribution in [-0.4, -0.2) is 64.9 Å². The molecule has 3 atom stereocenters. The largest absolute Gasteiger partial charge is 0.480 e. The number of allylic oxidation sites excluding steroid dienone is 14. The third-order valence-corrected chi connectivity index (χ3v) is 9.62. The molecule has 0 saturated carbocycles. The van der Waals surface area contributed by atoms with Crippen LogP contribution in [0.15, 0.2) is 85.1 Å². The highest BCUT2D eigenvalue weighted by Crippen LogP contribution is 2.43. The Bertz CT molecular complexity index is 1300. The van der Waals surface area contributed by atoms with Crippen molar-refractivity contribution < 1.29 is 47.8 Å². The third-order valence-electron chi connectivity index (χ3n) is 8.67. The highest BCUT2D eigenvalue weighted by Gasteiger charge is 2.28. The van der Waals surface area contributed by atoms with Crippen LogP contribution in [-0.2, 0) is 32.7 Å². The number of aliphatic hydroxyl groups is 1. The number of ether oxygens (including phenoxy) is 1. The number of amides is 1. The Labute approximate surface area is 350 Å². The van der Waals surface area contributed by atoms with Crippen LogP contribution in [0.3, 0.4) is 0 Å². The SMILES string of the molecule is CC/C=C\C/C=C\C/C=C\CCCCCCCCCC(=O)OCC(O)COP(=O)(O)OCC(NC(=O)CCC/C=C\C/C=C\C/C=C\C/C=C\CCCCC)C(=O)O. The minimum Gasteiger partial charge on any atom is -0.480 e. The molecule has 0 aromatic heterocycles. The van der Waals surface area contributed by atoms with Gasteiger partial charge >= 0.3 is 19.8 Å². The summed E-state index contributed by atoms with van der Waals surface area (Å²) in [6.45, 7) is 2.39. The lowest BCUT2D eigenvalue weighted by atomic mass is 10.1. The minimum absolute atomic E-state index is 0.0646. The molecule has 0 bridgehead atoms. The molecule has 11 nitrogen and oxygen atoms in total. The number of carboxylic acids is 1. The zero-order chi connectivity index (χ0) is 42.8. The van der Waals surface area contributed by atoms with E-state index >= 15 is 0 Å². The molecule has 0 aliphatic heterocycles. The summed E-state index contributed by atoms with van der Waals surface area (Å²) in [5.74, 6) is -2.47. The van der Waals surface area contributed by atoms with Gasteiger partial charge in [-0.3, -0.25) is 18.6 Å². The van der Waals surface area contributed by atoms with Crippen molar-refractivity contribution in [2.24, 2.45) is 0 Å². The molecule has 0 aliphatic carbocycles. The smallest absolute Gasteiger partial charge is 0.472 e. The molecule has 0 aliphatic rings. The van der Waals surface area contributed by atoms with Gasteiger partial charge in [0, 0.05) is 12.8 Å². The monoisotopic (exact) mass is 834 g/mol. The normalized spacial score (nSPS) is 14.6. The number of rotatable bonds is 39. The molecule has 0 aromatic carbocycles. The number of esters is 1. The first-order valence-electron chi connectivity index (χ1n) is 21.6. The average Bonchev–Trinajstić information content (AvgIpc) is 3.20. The molecule has 1 amide bonds. The van der Waals surface area contributed by atoms with Crippen molar-refractivity contribution in [1.82, 2.24) is 5.32 Å². The molecule has 0 fully saturated rings. The van der Waals surface area contributed by atoms with E-state index in [-0.39, 0.29) is 12.8 Å². The quantitative estimate of drug-likeness (QED) is 0.0202. The van der Waals surface area contributed by atoms with Gasteiger partial charge in [0.25, 0.3) is 0 Å². The number of aliphatic carboxylic acids is 1. The standard InChI is InChI=1S/C46H76NO10P/c1-3-5-7-9-11-13-15-17-19-21-23-25-27-29-31-33-35-37-44(49)47-43(46(51)52)41-57-58(53,54)56-40-42(48)39-55-45(50)38-36-34-32-30-28-26-24-22-20-18-16-14-12-10-8-6-4-2/h6,8,11-14,17-20,23,25,29,31,42-43,48H,3-5,7,9-10,15-16,21-22,24,26-28,30,32-41H2,1-2H3,(H,47,49)(H,51,52)(H,53,54)/b8-6-,13-11-,14-12-,19-17-,20-18-,25-23-,31-29-. The van der Waals surface area contributed by atoms with E-state index in [1.165, 1.54) is 32.1 Å². The summed E-state index contributed by atoms with van der Waals surface area (Å²) in [6, 6.07) is -1.58. The molecule has 0 radical (unpaired) electrons. The Hall–Kier alpha value is -3.34. The first-order valence-corrected chi connectivity index (χ1v) is 23.1. The van der Waals surface area contributed by atoms with Gasteiger partial charge in [-0.25, -0.2) is 9.36 Å². The molecule has 0 rings (SSSR count). The predicted molar refractivity (Wildman–Crippen MR) is 235 cm³/mol. The van der Waals surface area contributed by atoms with Crippen LogP contribution in [0.5, 0.6) is 0 Å². The summed E-state index contributed by atoms with van der Waals surface area (Å²) >= 11 is 0. The lowest BCUT2D eigenvalue weighted by Gasteiger charge is -2.18. The number of hydrogen-bond donors (Lipinski definition) is 4. The van der Waals surface area contributed by atoms with E-state index in [1.807, 2.05) is 12.2 Å². The summed E-state index contributed by atoms with van der Waals surface area (Å²) < 4.78 is 26.8. The Morgan fingerprint density at radius 2 is 1.02 bits per heavy atom. The summed E-state index contributed by atoms with van der Waals surface area (Å²) in [4.78, 5) is 45.9. The Balaban J connectivity index is 4.01. The molecule has 330 valence electrons. The number of carbonyl (C=O) groups is 3. The van der Waals surface area contributed by atoms with E-state index in [9.17, 15) is 34.1 Å². The van der Waals surface area contributed by atoms with Crippen molar-refractivity contribution in [2.75, 3.05) is 19.8 Å². The topological polar surface area (TPSA) is 169 Å². The maximum absolute atomic E-state index is 12.3. The van der Waals surface area contributed by atoms with E-state index < -0.39 is 57.6 Å². The fourth-order valence-electron chi connectivity index (χ4n) is 5.32. The number of hydrogen-bond acceptors (Lipinski definition) is 8. The molecule has 3 unspecified atom stereocenters. The van der Waals surface area contributed by atoms with Crippen molar-refractivity contribution in [3.8, 4) is 0 Å². The zero-order valence-corrected chi connectivity index (χ0v) is 36.5. The average molecular weight is 834 g/mol. The highest BCUT2D eigenvalue weighted by molar-refractivity contribution is 7.47. The van der Waals surface area contributed by atoms with Gasteiger partial charge in [-0.05, 0) is 83.5 Å². The van der Waals surface area contributed by atoms with E-state index in [0.717, 1.165) is 77.0 Å². The number of carboxylic acid groups (broad SMARTS) is 1. The first-order chi connectivity index (χ1) is 28.1. The fourth-order valence-corrected chi connectivity index (χ4v) is 6.09. The van der Waals surface area contributed by atoms with Crippen molar-refractivity contribution in [3.05, 3.63) is 85.1 Å². The maximum Gasteiger partial charge on any atom is 0.472 e. The molecule has 58 heavy (non-hydrogen) atoms. The number of phosphoric ester groups is 1. The van der Waals surface area contributed by atoms with Gasteiger partial charge in [-0.1, -0.05) is 144 Å². The second-order valence-electron chi connectivity index (χ2n) is 14.1. The fraction of sp³-hybridized carbons (Fsp3) is 0.630. The van der Waals surface area contributed by atoms with Crippen LogP contribution >= 0.6 is 7.82 Å². The molecule has 0 heterocycles. The van der Waals surface area contributed by atoms with Gasteiger partial charge in [0.15, 0.2) is 6.04 Å². The second kappa shape index (κ2) is 40.4. The molecule has 12 heteroatoms. The molecule has 0 aromatic rings. The van der Waals surface area contributed by atoms with Gasteiger partial charge in [0.1, 0.15) is 12.7 Å². The summed E-state index contributed by atoms with van der Waals surface area (Å²) in [5.41, 5.74) is 0. The maximum atomic E-state index is 12.3. The number of aliphatic hydroxyl groups excluding tert-OH is 1. The minimum atomic E-state index is -4.78. The third kappa shape index (κ3) is 39.5. The van der Waals surface area contributed by atoms with Crippen LogP contribution in [0.1, 0.15) is 155 Å². The van der Waals surface area contributed by atoms with Gasteiger partial charge in [-0.15, -0.1) is 0 Å². The summed E-state index contributed by atoms with van der Waals surface area (Å²) in [6.07, 6.45) is 49.0. The molecular formula is C46H76NO10P. The van der Waals surface area contributed by atoms with Crippen molar-refractivity contribution in [2.45, 2.75) is 167 Å². The molecular weight excluding hydrogens is 757 g/mol. The van der Waals surface area contributed by atoms with Gasteiger partial charge in [0.2, 0.25) is 5.91 Å². The van der Waals surface area contributed by atoms with Crippen LogP contribution in [0.25, 0.3) is 0 Å². The first kappa shape index (κ1) is 54.7. The number of carbonyl (C=O) groups excluding carboxylic acids is 2.